The number of benzene rings is 2. The van der Waals surface area contributed by atoms with Crippen molar-refractivity contribution >= 4 is 27.6 Å². The van der Waals surface area contributed by atoms with Gasteiger partial charge >= 0.3 is 0 Å². The van der Waals surface area contributed by atoms with Gasteiger partial charge in [0.1, 0.15) is 18.2 Å². The molecule has 0 amide bonds. The third kappa shape index (κ3) is 2.60. The van der Waals surface area contributed by atoms with E-state index < -0.39 is 19.6 Å². The molecule has 3 nitrogen and oxygen atoms in total. The number of hydrogen-bond acceptors (Lipinski definition) is 1. The maximum atomic E-state index is 9.03. The first-order valence-electron chi connectivity index (χ1n) is 13.3. The SMILES string of the molecule is [2H]c1c(C([2H])(C)C([2H])([2H])[2H])c([2H])c(-c2c(C)ccc3c2oc2c([N+]#[C-])ccc(C([2H])([2H])[2H])c23)[n+](C)c1C. The highest BCUT2D eigenvalue weighted by Crippen LogP contribution is 2.41. The second-order valence-corrected chi connectivity index (χ2v) is 6.93. The molecule has 4 rings (SSSR count). The third-order valence-electron chi connectivity index (χ3n) is 5.10. The van der Waals surface area contributed by atoms with Crippen molar-refractivity contribution in [2.75, 3.05) is 0 Å². The Balaban J connectivity index is 2.25. The summed E-state index contributed by atoms with van der Waals surface area (Å²) in [6.45, 7) is 6.84. The number of hydrogen-bond donors (Lipinski definition) is 0. The molecule has 0 fully saturated rings. The van der Waals surface area contributed by atoms with Gasteiger partial charge in [-0.05, 0) is 36.4 Å². The van der Waals surface area contributed by atoms with Gasteiger partial charge in [0.25, 0.3) is 0 Å². The first kappa shape index (κ1) is 10.4. The Hall–Kier alpha value is -3.12. The molecule has 0 aliphatic heterocycles. The minimum Gasteiger partial charge on any atom is -0.466 e. The summed E-state index contributed by atoms with van der Waals surface area (Å²) < 4.78 is 81.8. The van der Waals surface area contributed by atoms with Crippen molar-refractivity contribution < 1.29 is 21.3 Å². The number of fused-ring (bicyclic) bond motifs is 3. The van der Waals surface area contributed by atoms with Crippen molar-refractivity contribution in [2.45, 2.75) is 40.4 Å². The maximum absolute atomic E-state index is 9.03. The summed E-state index contributed by atoms with van der Waals surface area (Å²) in [5.41, 5.74) is 1.91. The van der Waals surface area contributed by atoms with E-state index in [1.54, 1.807) is 37.6 Å². The number of pyridine rings is 1. The summed E-state index contributed by atoms with van der Waals surface area (Å²) >= 11 is 0. The summed E-state index contributed by atoms with van der Waals surface area (Å²) in [5, 5.41) is 0.714. The van der Waals surface area contributed by atoms with E-state index in [0.717, 1.165) is 0 Å². The minimum atomic E-state index is -2.80. The van der Waals surface area contributed by atoms with Gasteiger partial charge in [-0.1, -0.05) is 38.0 Å². The average Bonchev–Trinajstić information content (AvgIpc) is 3.16. The molecule has 0 radical (unpaired) electrons. The fraction of sp³-hybridized carbons (Fsp3) is 0.280. The highest BCUT2D eigenvalue weighted by molar-refractivity contribution is 6.14. The quantitative estimate of drug-likeness (QED) is 0.282. The molecule has 2 aromatic carbocycles. The molecule has 4 aromatic rings. The number of furan rings is 1. The van der Waals surface area contributed by atoms with Crippen LogP contribution >= 0.6 is 0 Å². The van der Waals surface area contributed by atoms with Crippen LogP contribution in [-0.2, 0) is 7.05 Å². The van der Waals surface area contributed by atoms with Crippen LogP contribution in [0.1, 0.15) is 54.4 Å². The largest absolute Gasteiger partial charge is 0.466 e. The van der Waals surface area contributed by atoms with Gasteiger partial charge in [-0.2, -0.15) is 4.57 Å². The first-order valence-corrected chi connectivity index (χ1v) is 8.82. The van der Waals surface area contributed by atoms with Gasteiger partial charge in [-0.15, -0.1) is 0 Å². The Bertz CT molecular complexity index is 1640. The monoisotopic (exact) mass is 378 g/mol. The number of aromatic nitrogens is 1. The smallest absolute Gasteiger partial charge is 0.229 e. The lowest BCUT2D eigenvalue weighted by Gasteiger charge is -2.11. The van der Waals surface area contributed by atoms with Crippen LogP contribution in [0.4, 0.5) is 5.69 Å². The van der Waals surface area contributed by atoms with Crippen molar-refractivity contribution in [1.82, 2.24) is 0 Å². The highest BCUT2D eigenvalue weighted by Gasteiger charge is 2.24. The predicted octanol–water partition coefficient (Wildman–Crippen LogP) is 6.68. The zero-order valence-corrected chi connectivity index (χ0v) is 16.1. The fourth-order valence-electron chi connectivity index (χ4n) is 3.49. The molecule has 0 saturated carbocycles. The zero-order chi connectivity index (χ0) is 27.8. The molecule has 0 spiro atoms. The average molecular weight is 379 g/mol. The zero-order valence-electron chi connectivity index (χ0n) is 25.1. The number of aryl methyl sites for hydroxylation is 2. The molecule has 0 N–H and O–H groups in total. The second-order valence-electron chi connectivity index (χ2n) is 6.93. The van der Waals surface area contributed by atoms with Gasteiger partial charge in [0, 0.05) is 39.4 Å². The Kier molecular flexibility index (Phi) is 2.42. The van der Waals surface area contributed by atoms with E-state index in [2.05, 4.69) is 4.85 Å². The van der Waals surface area contributed by atoms with Crippen molar-refractivity contribution in [2.24, 2.45) is 7.05 Å². The third-order valence-corrected chi connectivity index (χ3v) is 5.10. The van der Waals surface area contributed by atoms with Crippen LogP contribution in [0.25, 0.3) is 38.0 Å². The van der Waals surface area contributed by atoms with Crippen molar-refractivity contribution in [1.29, 1.82) is 0 Å². The first-order chi connectivity index (χ1) is 16.9. The van der Waals surface area contributed by atoms with Gasteiger partial charge in [0.05, 0.1) is 14.9 Å². The van der Waals surface area contributed by atoms with Crippen molar-refractivity contribution in [3.63, 3.8) is 0 Å². The summed E-state index contributed by atoms with van der Waals surface area (Å²) in [6.07, 6.45) is 0. The van der Waals surface area contributed by atoms with Gasteiger partial charge in [0.2, 0.25) is 11.4 Å². The Morgan fingerprint density at radius 1 is 1.18 bits per heavy atom. The van der Waals surface area contributed by atoms with Gasteiger partial charge in [-0.3, -0.25) is 0 Å². The van der Waals surface area contributed by atoms with E-state index in [4.69, 9.17) is 23.3 Å². The molecule has 2 heterocycles. The van der Waals surface area contributed by atoms with E-state index in [9.17, 15) is 0 Å². The van der Waals surface area contributed by atoms with Crippen LogP contribution < -0.4 is 4.57 Å². The van der Waals surface area contributed by atoms with Crippen LogP contribution in [0.15, 0.2) is 40.8 Å². The van der Waals surface area contributed by atoms with Crippen molar-refractivity contribution in [3.8, 4) is 11.3 Å². The van der Waals surface area contributed by atoms with E-state index in [1.807, 2.05) is 0 Å². The molecule has 3 heteroatoms. The fourth-order valence-corrected chi connectivity index (χ4v) is 3.49. The lowest BCUT2D eigenvalue weighted by molar-refractivity contribution is -0.666. The van der Waals surface area contributed by atoms with E-state index in [1.165, 1.54) is 19.1 Å². The standard InChI is InChI=1S/C25H25N2O/c1-14(2)18-12-17(5)27(7)21(13-18)23-16(4)8-10-19-22-15(3)9-11-20(26-6)25(22)28-24(19)23/h8-14H,1-5,7H3/q+1/i1D3,3D3,12D,13D,14D. The molecule has 140 valence electrons. The molecule has 0 aliphatic rings. The van der Waals surface area contributed by atoms with Gasteiger partial charge in [0.15, 0.2) is 5.69 Å². The Morgan fingerprint density at radius 3 is 2.68 bits per heavy atom. The molecule has 0 saturated heterocycles. The lowest BCUT2D eigenvalue weighted by Crippen LogP contribution is -2.35. The molecule has 0 bridgehead atoms. The highest BCUT2D eigenvalue weighted by atomic mass is 16.3. The van der Waals surface area contributed by atoms with E-state index in [0.29, 0.717) is 22.2 Å². The summed E-state index contributed by atoms with van der Waals surface area (Å²) in [6, 6.07) is 5.74. The Labute approximate surface area is 178 Å². The van der Waals surface area contributed by atoms with E-state index >= 15 is 0 Å². The lowest BCUT2D eigenvalue weighted by atomic mass is 9.95. The van der Waals surface area contributed by atoms with Crippen LogP contribution in [0.3, 0.4) is 0 Å². The number of nitrogens with zero attached hydrogens (tertiary/aromatic N) is 2. The molecule has 2 aromatic heterocycles. The van der Waals surface area contributed by atoms with E-state index in [-0.39, 0.29) is 51.1 Å². The molecule has 0 aliphatic carbocycles. The summed E-state index contributed by atoms with van der Waals surface area (Å²) in [7, 11) is 1.64. The van der Waals surface area contributed by atoms with Crippen molar-refractivity contribution in [3.05, 3.63) is 70.2 Å². The van der Waals surface area contributed by atoms with Crippen LogP contribution in [0.2, 0.25) is 0 Å². The maximum Gasteiger partial charge on any atom is 0.229 e. The predicted molar refractivity (Wildman–Crippen MR) is 115 cm³/mol. The second kappa shape index (κ2) is 6.49. The van der Waals surface area contributed by atoms with Crippen LogP contribution in [0.5, 0.6) is 0 Å². The molecule has 1 atom stereocenters. The number of rotatable bonds is 2. The molecule has 1 unspecified atom stereocenters. The molecule has 28 heavy (non-hydrogen) atoms. The molecular formula is C25H25N2O+. The molecular weight excluding hydrogens is 344 g/mol. The van der Waals surface area contributed by atoms with Gasteiger partial charge < -0.3 is 4.42 Å². The summed E-state index contributed by atoms with van der Waals surface area (Å²) in [4.78, 5) is 3.49. The minimum absolute atomic E-state index is 0.0263. The van der Waals surface area contributed by atoms with Gasteiger partial charge in [-0.25, -0.2) is 4.85 Å². The van der Waals surface area contributed by atoms with Crippen LogP contribution in [-0.4, -0.2) is 0 Å². The summed E-state index contributed by atoms with van der Waals surface area (Å²) in [5.74, 6) is -2.24. The Morgan fingerprint density at radius 2 is 1.96 bits per heavy atom. The topological polar surface area (TPSA) is 21.4 Å². The normalized spacial score (nSPS) is 19.2. The van der Waals surface area contributed by atoms with Crippen LogP contribution in [0, 0.1) is 27.3 Å².